The summed E-state index contributed by atoms with van der Waals surface area (Å²) in [4.78, 5) is 13.0. The Hall–Kier alpha value is -1.60. The first-order chi connectivity index (χ1) is 9.63. The van der Waals surface area contributed by atoms with Crippen LogP contribution in [0, 0.1) is 5.92 Å². The van der Waals surface area contributed by atoms with Crippen molar-refractivity contribution in [3.63, 3.8) is 0 Å². The molecular weight excluding hydrogens is 292 g/mol. The summed E-state index contributed by atoms with van der Waals surface area (Å²) in [6, 6.07) is 5.24. The fourth-order valence-corrected chi connectivity index (χ4v) is 3.10. The summed E-state index contributed by atoms with van der Waals surface area (Å²) >= 11 is 0. The van der Waals surface area contributed by atoms with Gasteiger partial charge in [-0.25, -0.2) is 8.42 Å². The summed E-state index contributed by atoms with van der Waals surface area (Å²) in [5.41, 5.74) is 0.730. The highest BCUT2D eigenvalue weighted by Crippen LogP contribution is 2.18. The Kier molecular flexibility index (Phi) is 5.74. The molecule has 21 heavy (non-hydrogen) atoms. The van der Waals surface area contributed by atoms with Crippen molar-refractivity contribution in [1.82, 2.24) is 4.72 Å². The van der Waals surface area contributed by atoms with Crippen LogP contribution in [0.4, 0.5) is 5.69 Å². The summed E-state index contributed by atoms with van der Waals surface area (Å²) in [5, 5.41) is 9.14. The van der Waals surface area contributed by atoms with E-state index in [1.54, 1.807) is 31.1 Å². The number of carboxylic acids is 1. The molecule has 1 rings (SSSR count). The second-order valence-corrected chi connectivity index (χ2v) is 7.25. The van der Waals surface area contributed by atoms with Crippen LogP contribution in [0.2, 0.25) is 0 Å². The van der Waals surface area contributed by atoms with Crippen molar-refractivity contribution in [3.8, 4) is 0 Å². The quantitative estimate of drug-likeness (QED) is 0.797. The smallest absolute Gasteiger partial charge is 0.321 e. The topological polar surface area (TPSA) is 86.7 Å². The van der Waals surface area contributed by atoms with Gasteiger partial charge in [0, 0.05) is 19.8 Å². The molecule has 0 bridgehead atoms. The van der Waals surface area contributed by atoms with Gasteiger partial charge >= 0.3 is 5.97 Å². The maximum absolute atomic E-state index is 12.3. The van der Waals surface area contributed by atoms with Crippen LogP contribution in [0.1, 0.15) is 20.3 Å². The van der Waals surface area contributed by atoms with E-state index >= 15 is 0 Å². The Morgan fingerprint density at radius 3 is 2.43 bits per heavy atom. The molecule has 1 atom stereocenters. The van der Waals surface area contributed by atoms with Crippen LogP contribution in [-0.4, -0.2) is 39.6 Å². The second kappa shape index (κ2) is 6.91. The van der Waals surface area contributed by atoms with Gasteiger partial charge in [-0.05, 0) is 30.5 Å². The minimum atomic E-state index is -3.86. The zero-order chi connectivity index (χ0) is 16.2. The molecule has 0 aliphatic rings. The number of anilines is 1. The third kappa shape index (κ3) is 5.02. The maximum Gasteiger partial charge on any atom is 0.321 e. The van der Waals surface area contributed by atoms with E-state index in [4.69, 9.17) is 5.11 Å². The summed E-state index contributed by atoms with van der Waals surface area (Å²) < 4.78 is 26.9. The third-order valence-corrected chi connectivity index (χ3v) is 4.42. The van der Waals surface area contributed by atoms with E-state index in [-0.39, 0.29) is 17.2 Å². The van der Waals surface area contributed by atoms with Gasteiger partial charge < -0.3 is 10.0 Å². The van der Waals surface area contributed by atoms with Crippen LogP contribution >= 0.6 is 0 Å². The summed E-state index contributed by atoms with van der Waals surface area (Å²) in [7, 11) is -0.257. The zero-order valence-corrected chi connectivity index (χ0v) is 13.5. The van der Waals surface area contributed by atoms with Gasteiger partial charge in [-0.2, -0.15) is 4.72 Å². The molecular formula is C14H22N2O4S. The largest absolute Gasteiger partial charge is 0.480 e. The molecule has 0 radical (unpaired) electrons. The summed E-state index contributed by atoms with van der Waals surface area (Å²) in [6.45, 7) is 3.69. The van der Waals surface area contributed by atoms with Crippen LogP contribution < -0.4 is 9.62 Å². The number of rotatable bonds is 7. The Morgan fingerprint density at radius 2 is 1.95 bits per heavy atom. The number of carbonyl (C=O) groups is 1. The van der Waals surface area contributed by atoms with Crippen molar-refractivity contribution in [2.75, 3.05) is 19.0 Å². The van der Waals surface area contributed by atoms with E-state index in [9.17, 15) is 13.2 Å². The predicted molar refractivity (Wildman–Crippen MR) is 82.0 cm³/mol. The molecule has 0 saturated carbocycles. The number of aliphatic carboxylic acids is 1. The minimum absolute atomic E-state index is 0.0590. The minimum Gasteiger partial charge on any atom is -0.480 e. The Labute approximate surface area is 125 Å². The molecule has 1 unspecified atom stereocenters. The number of hydrogen-bond acceptors (Lipinski definition) is 4. The molecule has 0 aliphatic carbocycles. The van der Waals surface area contributed by atoms with E-state index in [0.717, 1.165) is 5.69 Å². The number of sulfonamides is 1. The lowest BCUT2D eigenvalue weighted by molar-refractivity contribution is -0.139. The number of nitrogens with one attached hydrogen (secondary N) is 1. The first-order valence-electron chi connectivity index (χ1n) is 6.66. The highest BCUT2D eigenvalue weighted by Gasteiger charge is 2.26. The fourth-order valence-electron chi connectivity index (χ4n) is 1.85. The monoisotopic (exact) mass is 314 g/mol. The average Bonchev–Trinajstić information content (AvgIpc) is 2.37. The lowest BCUT2D eigenvalue weighted by atomic mass is 10.1. The maximum atomic E-state index is 12.3. The number of benzene rings is 1. The summed E-state index contributed by atoms with van der Waals surface area (Å²) in [5.74, 6) is -1.10. The van der Waals surface area contributed by atoms with Gasteiger partial charge in [-0.15, -0.1) is 0 Å². The van der Waals surface area contributed by atoms with Crippen molar-refractivity contribution in [3.05, 3.63) is 24.3 Å². The van der Waals surface area contributed by atoms with Gasteiger partial charge in [0.25, 0.3) is 0 Å². The van der Waals surface area contributed by atoms with Crippen molar-refractivity contribution >= 4 is 21.7 Å². The number of hydrogen-bond donors (Lipinski definition) is 2. The molecule has 1 aromatic rings. The normalized spacial score (nSPS) is 13.2. The molecule has 6 nitrogen and oxygen atoms in total. The molecule has 0 amide bonds. The van der Waals surface area contributed by atoms with Gasteiger partial charge in [0.2, 0.25) is 10.0 Å². The van der Waals surface area contributed by atoms with E-state index < -0.39 is 22.0 Å². The molecule has 0 aliphatic heterocycles. The zero-order valence-electron chi connectivity index (χ0n) is 12.7. The first kappa shape index (κ1) is 17.5. The van der Waals surface area contributed by atoms with Crippen LogP contribution in [0.3, 0.4) is 0 Å². The third-order valence-electron chi connectivity index (χ3n) is 2.95. The first-order valence-corrected chi connectivity index (χ1v) is 8.14. The van der Waals surface area contributed by atoms with Crippen molar-refractivity contribution < 1.29 is 18.3 Å². The van der Waals surface area contributed by atoms with Crippen molar-refractivity contribution in [2.24, 2.45) is 5.92 Å². The number of carboxylic acid groups (broad SMARTS) is 1. The summed E-state index contributed by atoms with van der Waals surface area (Å²) in [6.07, 6.45) is 0.238. The highest BCUT2D eigenvalue weighted by atomic mass is 32.2. The van der Waals surface area contributed by atoms with Crippen LogP contribution in [-0.2, 0) is 14.8 Å². The average molecular weight is 314 g/mol. The molecule has 1 aromatic carbocycles. The fraction of sp³-hybridized carbons (Fsp3) is 0.500. The van der Waals surface area contributed by atoms with E-state index in [1.165, 1.54) is 12.1 Å². The Bertz CT molecular complexity index is 597. The number of nitrogens with zero attached hydrogens (tertiary/aromatic N) is 1. The van der Waals surface area contributed by atoms with Gasteiger partial charge in [-0.3, -0.25) is 4.79 Å². The lowest BCUT2D eigenvalue weighted by Gasteiger charge is -2.18. The molecule has 0 fully saturated rings. The molecule has 2 N–H and O–H groups in total. The Balaban J connectivity index is 3.04. The standard InChI is InChI=1S/C14H22N2O4S/c1-10(2)8-13(14(17)18)15-21(19,20)12-7-5-6-11(9-12)16(3)4/h5-7,9-10,13,15H,8H2,1-4H3,(H,17,18). The van der Waals surface area contributed by atoms with Crippen molar-refractivity contribution in [2.45, 2.75) is 31.2 Å². The van der Waals surface area contributed by atoms with Gasteiger partial charge in [-0.1, -0.05) is 19.9 Å². The van der Waals surface area contributed by atoms with Gasteiger partial charge in [0.15, 0.2) is 0 Å². The molecule has 0 aromatic heterocycles. The molecule has 0 saturated heterocycles. The van der Waals surface area contributed by atoms with E-state index in [2.05, 4.69) is 4.72 Å². The lowest BCUT2D eigenvalue weighted by Crippen LogP contribution is -2.41. The predicted octanol–water partition coefficient (Wildman–Crippen LogP) is 1.53. The SMILES string of the molecule is CC(C)CC(NS(=O)(=O)c1cccc(N(C)C)c1)C(=O)O. The molecule has 118 valence electrons. The highest BCUT2D eigenvalue weighted by molar-refractivity contribution is 7.89. The Morgan fingerprint density at radius 1 is 1.33 bits per heavy atom. The van der Waals surface area contributed by atoms with Crippen LogP contribution in [0.25, 0.3) is 0 Å². The molecule has 0 heterocycles. The van der Waals surface area contributed by atoms with E-state index in [1.807, 2.05) is 13.8 Å². The van der Waals surface area contributed by atoms with E-state index in [0.29, 0.717) is 0 Å². The van der Waals surface area contributed by atoms with Gasteiger partial charge in [0.05, 0.1) is 4.90 Å². The molecule has 7 heteroatoms. The van der Waals surface area contributed by atoms with Crippen LogP contribution in [0.15, 0.2) is 29.2 Å². The van der Waals surface area contributed by atoms with Crippen LogP contribution in [0.5, 0.6) is 0 Å². The van der Waals surface area contributed by atoms with Gasteiger partial charge in [0.1, 0.15) is 6.04 Å². The second-order valence-electron chi connectivity index (χ2n) is 5.53. The van der Waals surface area contributed by atoms with Crippen molar-refractivity contribution in [1.29, 1.82) is 0 Å². The molecule has 0 spiro atoms.